The number of carbonyl (C=O) groups is 1. The molecule has 2 heterocycles. The molecule has 0 saturated carbocycles. The number of Topliss-reactive ketones (excluding diaryl/α,β-unsaturated/α-hetero) is 1. The summed E-state index contributed by atoms with van der Waals surface area (Å²) in [4.78, 5) is 18.0. The Hall–Kier alpha value is -3.06. The van der Waals surface area contributed by atoms with E-state index in [4.69, 9.17) is 14.8 Å². The van der Waals surface area contributed by atoms with Gasteiger partial charge in [0, 0.05) is 17.7 Å². The molecule has 1 aliphatic heterocycles. The first-order valence-electron chi connectivity index (χ1n) is 11.7. The number of benzene rings is 2. The first-order chi connectivity index (χ1) is 16.3. The summed E-state index contributed by atoms with van der Waals surface area (Å²) in [6, 6.07) is 16.0. The van der Waals surface area contributed by atoms with E-state index in [9.17, 15) is 4.79 Å². The summed E-state index contributed by atoms with van der Waals surface area (Å²) in [5.74, 6) is 2.56. The molecule has 34 heavy (non-hydrogen) atoms. The van der Waals surface area contributed by atoms with Crippen molar-refractivity contribution < 1.29 is 9.53 Å². The van der Waals surface area contributed by atoms with Gasteiger partial charge in [0.15, 0.2) is 5.78 Å². The first kappa shape index (κ1) is 22.7. The number of allylic oxidation sites excluding steroid dienone is 2. The quantitative estimate of drug-likeness (QED) is 0.446. The van der Waals surface area contributed by atoms with Gasteiger partial charge in [-0.05, 0) is 53.3 Å². The number of aromatic nitrogens is 3. The number of aryl methyl sites for hydroxylation is 1. The van der Waals surface area contributed by atoms with Gasteiger partial charge in [-0.25, -0.2) is 4.68 Å². The number of fused-ring (bicyclic) bond motifs is 1. The van der Waals surface area contributed by atoms with Gasteiger partial charge in [0.05, 0.1) is 0 Å². The molecule has 0 spiro atoms. The fourth-order valence-electron chi connectivity index (χ4n) is 4.77. The molecule has 1 N–H and O–H groups in total. The molecule has 0 amide bonds. The molecular weight excluding hydrogens is 444 g/mol. The molecule has 2 aromatic carbocycles. The second-order valence-corrected chi connectivity index (χ2v) is 11.0. The molecule has 7 heteroatoms. The molecule has 6 nitrogen and oxygen atoms in total. The van der Waals surface area contributed by atoms with Gasteiger partial charge in [-0.2, -0.15) is 4.98 Å². The second kappa shape index (κ2) is 8.95. The Kier molecular flexibility index (Phi) is 5.98. The van der Waals surface area contributed by atoms with Crippen LogP contribution in [0.2, 0.25) is 0 Å². The third-order valence-electron chi connectivity index (χ3n) is 6.44. The lowest BCUT2D eigenvalue weighted by Crippen LogP contribution is -2.36. The van der Waals surface area contributed by atoms with Gasteiger partial charge < -0.3 is 10.1 Å². The molecule has 1 unspecified atom stereocenters. The maximum atomic E-state index is 13.3. The molecule has 0 bridgehead atoms. The summed E-state index contributed by atoms with van der Waals surface area (Å²) in [6.45, 7) is 8.98. The topological polar surface area (TPSA) is 69.0 Å². The van der Waals surface area contributed by atoms with Crippen LogP contribution in [-0.4, -0.2) is 26.3 Å². The Morgan fingerprint density at radius 1 is 1.15 bits per heavy atom. The zero-order valence-electron chi connectivity index (χ0n) is 20.1. The van der Waals surface area contributed by atoms with Gasteiger partial charge >= 0.3 is 0 Å². The Morgan fingerprint density at radius 3 is 2.65 bits per heavy atom. The number of nitrogens with one attached hydrogen (secondary N) is 1. The lowest BCUT2D eigenvalue weighted by molar-refractivity contribution is -0.118. The molecule has 176 valence electrons. The maximum absolute atomic E-state index is 13.3. The van der Waals surface area contributed by atoms with Crippen LogP contribution >= 0.6 is 11.8 Å². The van der Waals surface area contributed by atoms with E-state index in [-0.39, 0.29) is 17.2 Å². The van der Waals surface area contributed by atoms with Crippen LogP contribution in [0, 0.1) is 12.3 Å². The van der Waals surface area contributed by atoms with Crippen LogP contribution < -0.4 is 10.1 Å². The van der Waals surface area contributed by atoms with Crippen molar-refractivity contribution in [1.29, 1.82) is 0 Å². The third kappa shape index (κ3) is 4.37. The van der Waals surface area contributed by atoms with Gasteiger partial charge in [0.2, 0.25) is 11.1 Å². The van der Waals surface area contributed by atoms with Gasteiger partial charge in [-0.15, -0.1) is 5.10 Å². The zero-order chi connectivity index (χ0) is 23.9. The highest BCUT2D eigenvalue weighted by atomic mass is 32.2. The standard InChI is InChI=1S/C27H30N4O2S/c1-5-34-26-29-25-28-21-14-27(3,4)15-22(32)23(21)24(31(25)30-26)18-10-12-20(13-11-18)33-16-19-9-7-6-8-17(19)2/h6-13,24H,5,14-16H2,1-4H3,(H,28,29,30). The maximum Gasteiger partial charge on any atom is 0.227 e. The van der Waals surface area contributed by atoms with Gasteiger partial charge in [-0.3, -0.25) is 4.79 Å². The fourth-order valence-corrected chi connectivity index (χ4v) is 5.32. The number of rotatable bonds is 6. The lowest BCUT2D eigenvalue weighted by Gasteiger charge is -2.38. The van der Waals surface area contributed by atoms with E-state index in [1.54, 1.807) is 11.8 Å². The van der Waals surface area contributed by atoms with E-state index < -0.39 is 0 Å². The van der Waals surface area contributed by atoms with Crippen molar-refractivity contribution in [2.24, 2.45) is 5.41 Å². The van der Waals surface area contributed by atoms with E-state index >= 15 is 0 Å². The molecule has 1 aliphatic carbocycles. The summed E-state index contributed by atoms with van der Waals surface area (Å²) in [5.41, 5.74) is 5.08. The average Bonchev–Trinajstić information content (AvgIpc) is 3.19. The summed E-state index contributed by atoms with van der Waals surface area (Å²) in [7, 11) is 0. The Morgan fingerprint density at radius 2 is 1.91 bits per heavy atom. The minimum atomic E-state index is -0.293. The van der Waals surface area contributed by atoms with E-state index in [0.717, 1.165) is 39.9 Å². The van der Waals surface area contributed by atoms with Crippen LogP contribution in [0.1, 0.15) is 56.3 Å². The second-order valence-electron chi connectivity index (χ2n) is 9.74. The van der Waals surface area contributed by atoms with Crippen molar-refractivity contribution in [3.8, 4) is 5.75 Å². The fraction of sp³-hybridized carbons (Fsp3) is 0.370. The van der Waals surface area contributed by atoms with Crippen molar-refractivity contribution in [1.82, 2.24) is 14.8 Å². The van der Waals surface area contributed by atoms with E-state index in [0.29, 0.717) is 19.0 Å². The van der Waals surface area contributed by atoms with Crippen molar-refractivity contribution >= 4 is 23.5 Å². The number of anilines is 1. The number of hydrogen-bond acceptors (Lipinski definition) is 6. The monoisotopic (exact) mass is 474 g/mol. The largest absolute Gasteiger partial charge is 0.489 e. The number of ether oxygens (including phenoxy) is 1. The van der Waals surface area contributed by atoms with Crippen LogP contribution in [0.15, 0.2) is 65.0 Å². The minimum Gasteiger partial charge on any atom is -0.489 e. The van der Waals surface area contributed by atoms with Gasteiger partial charge in [0.25, 0.3) is 0 Å². The van der Waals surface area contributed by atoms with E-state index in [2.05, 4.69) is 45.1 Å². The third-order valence-corrected chi connectivity index (χ3v) is 7.16. The minimum absolute atomic E-state index is 0.0794. The summed E-state index contributed by atoms with van der Waals surface area (Å²) in [5, 5.41) is 8.91. The Labute approximate surface area is 204 Å². The lowest BCUT2D eigenvalue weighted by atomic mass is 9.73. The molecule has 1 atom stereocenters. The predicted molar refractivity (Wildman–Crippen MR) is 135 cm³/mol. The van der Waals surface area contributed by atoms with Gasteiger partial charge in [0.1, 0.15) is 18.4 Å². The highest BCUT2D eigenvalue weighted by molar-refractivity contribution is 7.99. The molecule has 2 aliphatic rings. The van der Waals surface area contributed by atoms with E-state index in [1.165, 1.54) is 11.1 Å². The normalized spacial score (nSPS) is 18.8. The predicted octanol–water partition coefficient (Wildman–Crippen LogP) is 5.94. The Balaban J connectivity index is 1.47. The SMILES string of the molecule is CCSc1nc2n(n1)C(c1ccc(OCc3ccccc3C)cc1)C1=C(CC(C)(C)CC1=O)N2. The van der Waals surface area contributed by atoms with Crippen LogP contribution in [0.5, 0.6) is 5.75 Å². The number of nitrogens with zero attached hydrogens (tertiary/aromatic N) is 3. The highest BCUT2D eigenvalue weighted by Crippen LogP contribution is 2.45. The smallest absolute Gasteiger partial charge is 0.227 e. The molecular formula is C27H30N4O2S. The molecule has 5 rings (SSSR count). The molecule has 0 radical (unpaired) electrons. The summed E-state index contributed by atoms with van der Waals surface area (Å²) >= 11 is 1.60. The van der Waals surface area contributed by atoms with Crippen molar-refractivity contribution in [3.05, 3.63) is 76.5 Å². The molecule has 0 fully saturated rings. The summed E-state index contributed by atoms with van der Waals surface area (Å²) in [6.07, 6.45) is 1.34. The number of hydrogen-bond donors (Lipinski definition) is 1. The van der Waals surface area contributed by atoms with Crippen molar-refractivity contribution in [2.45, 2.75) is 58.3 Å². The van der Waals surface area contributed by atoms with Crippen LogP contribution in [0.3, 0.4) is 0 Å². The van der Waals surface area contributed by atoms with E-state index in [1.807, 2.05) is 41.1 Å². The average molecular weight is 475 g/mol. The Bertz CT molecular complexity index is 1260. The number of thioether (sulfide) groups is 1. The highest BCUT2D eigenvalue weighted by Gasteiger charge is 2.41. The number of ketones is 1. The summed E-state index contributed by atoms with van der Waals surface area (Å²) < 4.78 is 7.92. The first-order valence-corrected chi connectivity index (χ1v) is 12.7. The van der Waals surface area contributed by atoms with Crippen molar-refractivity contribution in [3.63, 3.8) is 0 Å². The zero-order valence-corrected chi connectivity index (χ0v) is 20.9. The van der Waals surface area contributed by atoms with Crippen molar-refractivity contribution in [2.75, 3.05) is 11.1 Å². The van der Waals surface area contributed by atoms with Gasteiger partial charge in [-0.1, -0.05) is 68.9 Å². The van der Waals surface area contributed by atoms with Crippen LogP contribution in [0.4, 0.5) is 5.95 Å². The van der Waals surface area contributed by atoms with Crippen LogP contribution in [0.25, 0.3) is 0 Å². The van der Waals surface area contributed by atoms with Crippen LogP contribution in [-0.2, 0) is 11.4 Å². The molecule has 3 aromatic rings. The molecule has 1 aromatic heterocycles. The number of carbonyl (C=O) groups excluding carboxylic acids is 1. The molecule has 0 saturated heterocycles.